The van der Waals surface area contributed by atoms with Crippen LogP contribution in [0.15, 0.2) is 0 Å². The fourth-order valence-electron chi connectivity index (χ4n) is 2.45. The van der Waals surface area contributed by atoms with E-state index in [1.165, 1.54) is 0 Å². The number of fused-ring (bicyclic) bond motifs is 2. The summed E-state index contributed by atoms with van der Waals surface area (Å²) in [5.41, 5.74) is -0.617. The van der Waals surface area contributed by atoms with Crippen molar-refractivity contribution in [1.29, 1.82) is 0 Å². The molecular formula is C9H14O3. The molecule has 1 heterocycles. The lowest BCUT2D eigenvalue weighted by molar-refractivity contribution is -0.150. The van der Waals surface area contributed by atoms with E-state index in [0.717, 1.165) is 25.7 Å². The first kappa shape index (κ1) is 8.05. The Morgan fingerprint density at radius 3 is 2.58 bits per heavy atom. The van der Waals surface area contributed by atoms with E-state index in [-0.39, 0.29) is 5.60 Å². The Kier molecular flexibility index (Phi) is 1.49. The van der Waals surface area contributed by atoms with E-state index >= 15 is 0 Å². The molecule has 2 bridgehead atoms. The second kappa shape index (κ2) is 2.22. The minimum atomic E-state index is -0.671. The van der Waals surface area contributed by atoms with Gasteiger partial charge in [0.05, 0.1) is 17.6 Å². The molecule has 0 amide bonds. The van der Waals surface area contributed by atoms with Crippen LogP contribution in [0.25, 0.3) is 0 Å². The summed E-state index contributed by atoms with van der Waals surface area (Å²) in [7, 11) is 0. The number of ether oxygens (including phenoxy) is 1. The van der Waals surface area contributed by atoms with Crippen molar-refractivity contribution >= 4 is 5.97 Å². The Labute approximate surface area is 71.7 Å². The van der Waals surface area contributed by atoms with Crippen LogP contribution < -0.4 is 0 Å². The summed E-state index contributed by atoms with van der Waals surface area (Å²) in [5, 5.41) is 9.02. The van der Waals surface area contributed by atoms with Crippen LogP contribution in [0.3, 0.4) is 0 Å². The van der Waals surface area contributed by atoms with Crippen LogP contribution in [-0.4, -0.2) is 23.3 Å². The number of hydrogen-bond acceptors (Lipinski definition) is 2. The topological polar surface area (TPSA) is 46.5 Å². The molecule has 0 aromatic carbocycles. The van der Waals surface area contributed by atoms with E-state index in [4.69, 9.17) is 9.84 Å². The van der Waals surface area contributed by atoms with E-state index in [2.05, 4.69) is 6.92 Å². The molecule has 2 rings (SSSR count). The Balaban J connectivity index is 2.23. The number of hydrogen-bond donors (Lipinski definition) is 1. The van der Waals surface area contributed by atoms with Gasteiger partial charge in [0, 0.05) is 0 Å². The average Bonchev–Trinajstić information content (AvgIpc) is 2.61. The zero-order valence-corrected chi connectivity index (χ0v) is 7.30. The molecule has 3 heteroatoms. The van der Waals surface area contributed by atoms with Gasteiger partial charge in [-0.3, -0.25) is 4.79 Å². The molecule has 3 nitrogen and oxygen atoms in total. The first-order valence-electron chi connectivity index (χ1n) is 4.50. The van der Waals surface area contributed by atoms with Crippen molar-refractivity contribution in [3.63, 3.8) is 0 Å². The fraction of sp³-hybridized carbons (Fsp3) is 0.889. The van der Waals surface area contributed by atoms with Gasteiger partial charge in [-0.25, -0.2) is 0 Å². The molecule has 68 valence electrons. The molecule has 1 saturated heterocycles. The van der Waals surface area contributed by atoms with E-state index < -0.39 is 11.4 Å². The van der Waals surface area contributed by atoms with Crippen LogP contribution in [0.1, 0.15) is 32.6 Å². The second-order valence-electron chi connectivity index (χ2n) is 4.09. The summed E-state index contributed by atoms with van der Waals surface area (Å²) in [6.07, 6.45) is 3.40. The minimum Gasteiger partial charge on any atom is -0.481 e. The zero-order valence-electron chi connectivity index (χ0n) is 7.30. The number of carboxylic acid groups (broad SMARTS) is 1. The number of carboxylic acids is 1. The van der Waals surface area contributed by atoms with Crippen molar-refractivity contribution in [3.05, 3.63) is 0 Å². The molecule has 1 aliphatic carbocycles. The SMILES string of the molecule is CCC12CCC(C(=O)O)(CO1)C2. The summed E-state index contributed by atoms with van der Waals surface area (Å²) in [4.78, 5) is 11.0. The predicted molar refractivity (Wildman–Crippen MR) is 42.9 cm³/mol. The Bertz CT molecular complexity index is 214. The lowest BCUT2D eigenvalue weighted by Crippen LogP contribution is -2.30. The summed E-state index contributed by atoms with van der Waals surface area (Å²) in [5.74, 6) is -0.671. The standard InChI is InChI=1S/C9H14O3/c1-2-9-4-3-8(5-9,6-12-9)7(10)11/h2-6H2,1H3,(H,10,11). The molecule has 2 unspecified atom stereocenters. The highest BCUT2D eigenvalue weighted by Gasteiger charge is 2.58. The van der Waals surface area contributed by atoms with Crippen molar-refractivity contribution in [2.75, 3.05) is 6.61 Å². The maximum atomic E-state index is 11.0. The Morgan fingerprint density at radius 2 is 2.33 bits per heavy atom. The van der Waals surface area contributed by atoms with Crippen LogP contribution in [0.2, 0.25) is 0 Å². The Hall–Kier alpha value is -0.570. The van der Waals surface area contributed by atoms with Crippen molar-refractivity contribution in [2.24, 2.45) is 5.41 Å². The lowest BCUT2D eigenvalue weighted by Gasteiger charge is -2.25. The monoisotopic (exact) mass is 170 g/mol. The summed E-state index contributed by atoms with van der Waals surface area (Å²) in [6, 6.07) is 0. The van der Waals surface area contributed by atoms with Crippen molar-refractivity contribution in [3.8, 4) is 0 Å². The van der Waals surface area contributed by atoms with Crippen LogP contribution in [0, 0.1) is 5.41 Å². The van der Waals surface area contributed by atoms with Gasteiger partial charge in [0.1, 0.15) is 0 Å². The smallest absolute Gasteiger partial charge is 0.312 e. The first-order valence-corrected chi connectivity index (χ1v) is 4.50. The number of aliphatic carboxylic acids is 1. The average molecular weight is 170 g/mol. The minimum absolute atomic E-state index is 0.0849. The van der Waals surface area contributed by atoms with Crippen LogP contribution >= 0.6 is 0 Å². The summed E-state index contributed by atoms with van der Waals surface area (Å²) < 4.78 is 5.57. The van der Waals surface area contributed by atoms with Gasteiger partial charge in [-0.15, -0.1) is 0 Å². The van der Waals surface area contributed by atoms with Gasteiger partial charge in [0.2, 0.25) is 0 Å². The fourth-order valence-corrected chi connectivity index (χ4v) is 2.45. The van der Waals surface area contributed by atoms with E-state index in [1.54, 1.807) is 0 Å². The summed E-state index contributed by atoms with van der Waals surface area (Å²) in [6.45, 7) is 2.50. The molecule has 1 N–H and O–H groups in total. The maximum Gasteiger partial charge on any atom is 0.312 e. The number of carbonyl (C=O) groups is 1. The Morgan fingerprint density at radius 1 is 1.58 bits per heavy atom. The lowest BCUT2D eigenvalue weighted by atomic mass is 9.87. The van der Waals surface area contributed by atoms with Gasteiger partial charge in [-0.05, 0) is 25.7 Å². The highest BCUT2D eigenvalue weighted by atomic mass is 16.5. The quantitative estimate of drug-likeness (QED) is 0.681. The van der Waals surface area contributed by atoms with Crippen LogP contribution in [-0.2, 0) is 9.53 Å². The molecular weight excluding hydrogens is 156 g/mol. The van der Waals surface area contributed by atoms with Gasteiger partial charge < -0.3 is 9.84 Å². The third-order valence-electron chi connectivity index (χ3n) is 3.47. The highest BCUT2D eigenvalue weighted by molar-refractivity contribution is 5.76. The van der Waals surface area contributed by atoms with Gasteiger partial charge >= 0.3 is 5.97 Å². The third kappa shape index (κ3) is 0.829. The van der Waals surface area contributed by atoms with Crippen LogP contribution in [0.5, 0.6) is 0 Å². The molecule has 0 aromatic heterocycles. The van der Waals surface area contributed by atoms with E-state index in [9.17, 15) is 4.79 Å². The van der Waals surface area contributed by atoms with Gasteiger partial charge in [-0.1, -0.05) is 6.92 Å². The summed E-state index contributed by atoms with van der Waals surface area (Å²) >= 11 is 0. The molecule has 2 fully saturated rings. The van der Waals surface area contributed by atoms with Crippen molar-refractivity contribution in [1.82, 2.24) is 0 Å². The van der Waals surface area contributed by atoms with E-state index in [1.807, 2.05) is 0 Å². The number of rotatable bonds is 2. The van der Waals surface area contributed by atoms with Crippen molar-refractivity contribution < 1.29 is 14.6 Å². The first-order chi connectivity index (χ1) is 5.63. The molecule has 0 spiro atoms. The van der Waals surface area contributed by atoms with Gasteiger partial charge in [0.25, 0.3) is 0 Å². The molecule has 1 aliphatic heterocycles. The molecule has 0 radical (unpaired) electrons. The second-order valence-corrected chi connectivity index (χ2v) is 4.09. The molecule has 0 aromatic rings. The largest absolute Gasteiger partial charge is 0.481 e. The molecule has 12 heavy (non-hydrogen) atoms. The van der Waals surface area contributed by atoms with Gasteiger partial charge in [0.15, 0.2) is 0 Å². The molecule has 1 saturated carbocycles. The van der Waals surface area contributed by atoms with Crippen molar-refractivity contribution in [2.45, 2.75) is 38.2 Å². The van der Waals surface area contributed by atoms with Gasteiger partial charge in [-0.2, -0.15) is 0 Å². The predicted octanol–water partition coefficient (Wildman–Crippen LogP) is 1.42. The molecule has 2 atom stereocenters. The van der Waals surface area contributed by atoms with E-state index in [0.29, 0.717) is 6.61 Å². The van der Waals surface area contributed by atoms with Crippen LogP contribution in [0.4, 0.5) is 0 Å². The zero-order chi connectivity index (χ0) is 8.82. The highest BCUT2D eigenvalue weighted by Crippen LogP contribution is 2.54. The normalized spacial score (nSPS) is 45.1. The molecule has 2 aliphatic rings. The third-order valence-corrected chi connectivity index (χ3v) is 3.47. The maximum absolute atomic E-state index is 11.0.